The van der Waals surface area contributed by atoms with Crippen molar-refractivity contribution in [1.29, 1.82) is 0 Å². The maximum Gasteiger partial charge on any atom is 0.501 e. The fourth-order valence-corrected chi connectivity index (χ4v) is 3.84. The fraction of sp³-hybridized carbons (Fsp3) is 0.481. The second-order valence-electron chi connectivity index (χ2n) is 9.81. The van der Waals surface area contributed by atoms with Gasteiger partial charge in [0.1, 0.15) is 23.2 Å². The van der Waals surface area contributed by atoms with E-state index in [1.165, 1.54) is 37.4 Å². The number of aliphatic carboxylic acids is 1. The lowest BCUT2D eigenvalue weighted by Crippen LogP contribution is -2.53. The van der Waals surface area contributed by atoms with Crippen molar-refractivity contribution < 1.29 is 50.5 Å². The highest BCUT2D eigenvalue weighted by atomic mass is 19.4. The second-order valence-corrected chi connectivity index (χ2v) is 9.81. The van der Waals surface area contributed by atoms with E-state index in [0.29, 0.717) is 6.42 Å². The van der Waals surface area contributed by atoms with Crippen molar-refractivity contribution >= 4 is 17.6 Å². The lowest BCUT2D eigenvalue weighted by atomic mass is 9.97. The summed E-state index contributed by atoms with van der Waals surface area (Å²) in [6.07, 6.45) is -9.46. The first-order valence-electron chi connectivity index (χ1n) is 12.6. The molecule has 1 amide bonds. The van der Waals surface area contributed by atoms with Crippen molar-refractivity contribution in [2.24, 2.45) is 0 Å². The molecule has 0 bridgehead atoms. The minimum atomic E-state index is -4.77. The molecule has 3 atom stereocenters. The molecule has 0 fully saturated rings. The quantitative estimate of drug-likeness (QED) is 0.203. The number of ether oxygens (including phenoxy) is 2. The molecule has 0 saturated heterocycles. The Hall–Kier alpha value is -3.68. The molecule has 228 valence electrons. The molecule has 0 saturated carbocycles. The highest BCUT2D eigenvalue weighted by Crippen LogP contribution is 2.34. The van der Waals surface area contributed by atoms with Gasteiger partial charge in [0.15, 0.2) is 0 Å². The van der Waals surface area contributed by atoms with Crippen molar-refractivity contribution in [3.63, 3.8) is 0 Å². The fourth-order valence-electron chi connectivity index (χ4n) is 3.84. The SMILES string of the molecule is CC[C@@H](CNc1ccc(OC(F)(F)C(=O)O)cc1OC)NC(=O)C(CC(C)(C)F)N[C@@H](c1ccccc1)C(F)(F)F. The molecule has 0 spiro atoms. The first kappa shape index (κ1) is 33.5. The van der Waals surface area contributed by atoms with E-state index < -0.39 is 60.1 Å². The first-order valence-corrected chi connectivity index (χ1v) is 12.6. The van der Waals surface area contributed by atoms with Crippen LogP contribution in [0.25, 0.3) is 0 Å². The zero-order chi connectivity index (χ0) is 31.0. The summed E-state index contributed by atoms with van der Waals surface area (Å²) in [5.74, 6) is -3.80. The summed E-state index contributed by atoms with van der Waals surface area (Å²) in [6.45, 7) is 4.05. The molecule has 1 unspecified atom stereocenters. The molecule has 41 heavy (non-hydrogen) atoms. The predicted molar refractivity (Wildman–Crippen MR) is 139 cm³/mol. The Morgan fingerprint density at radius 2 is 1.63 bits per heavy atom. The van der Waals surface area contributed by atoms with Crippen molar-refractivity contribution in [2.75, 3.05) is 19.0 Å². The van der Waals surface area contributed by atoms with Gasteiger partial charge < -0.3 is 25.2 Å². The van der Waals surface area contributed by atoms with E-state index in [-0.39, 0.29) is 23.5 Å². The van der Waals surface area contributed by atoms with E-state index in [4.69, 9.17) is 9.84 Å². The van der Waals surface area contributed by atoms with E-state index in [2.05, 4.69) is 20.7 Å². The number of alkyl halides is 6. The normalized spacial score (nSPS) is 14.5. The molecule has 2 aromatic rings. The van der Waals surface area contributed by atoms with E-state index in [1.807, 2.05) is 0 Å². The van der Waals surface area contributed by atoms with Crippen LogP contribution in [0, 0.1) is 0 Å². The monoisotopic (exact) mass is 593 g/mol. The van der Waals surface area contributed by atoms with Gasteiger partial charge in [0.25, 0.3) is 0 Å². The van der Waals surface area contributed by atoms with Gasteiger partial charge in [-0.05, 0) is 38.0 Å². The number of benzene rings is 2. The van der Waals surface area contributed by atoms with Crippen LogP contribution in [0.15, 0.2) is 48.5 Å². The minimum absolute atomic E-state index is 0.0134. The topological polar surface area (TPSA) is 109 Å². The number of halogens is 6. The summed E-state index contributed by atoms with van der Waals surface area (Å²) in [5, 5.41) is 16.4. The molecule has 14 heteroatoms. The molecule has 0 aliphatic heterocycles. The van der Waals surface area contributed by atoms with E-state index in [1.54, 1.807) is 13.0 Å². The number of nitrogens with one attached hydrogen (secondary N) is 3. The van der Waals surface area contributed by atoms with Crippen LogP contribution in [0.2, 0.25) is 0 Å². The summed E-state index contributed by atoms with van der Waals surface area (Å²) in [7, 11) is 1.23. The Balaban J connectivity index is 2.18. The molecule has 0 aromatic heterocycles. The Morgan fingerprint density at radius 1 is 1.00 bits per heavy atom. The molecule has 0 aliphatic carbocycles. The molecular formula is C27H33F6N3O5. The van der Waals surface area contributed by atoms with Crippen LogP contribution in [0.3, 0.4) is 0 Å². The highest BCUT2D eigenvalue weighted by Gasteiger charge is 2.44. The largest absolute Gasteiger partial charge is 0.501 e. The van der Waals surface area contributed by atoms with Gasteiger partial charge in [-0.25, -0.2) is 9.18 Å². The van der Waals surface area contributed by atoms with Crippen molar-refractivity contribution in [1.82, 2.24) is 10.6 Å². The van der Waals surface area contributed by atoms with Gasteiger partial charge >= 0.3 is 18.3 Å². The van der Waals surface area contributed by atoms with Crippen LogP contribution >= 0.6 is 0 Å². The maximum atomic E-state index is 14.6. The Kier molecular flexibility index (Phi) is 11.3. The zero-order valence-corrected chi connectivity index (χ0v) is 22.8. The highest BCUT2D eigenvalue weighted by molar-refractivity contribution is 5.82. The Morgan fingerprint density at radius 3 is 2.15 bits per heavy atom. The van der Waals surface area contributed by atoms with Gasteiger partial charge in [-0.2, -0.15) is 22.0 Å². The van der Waals surface area contributed by atoms with Crippen LogP contribution < -0.4 is 25.4 Å². The summed E-state index contributed by atoms with van der Waals surface area (Å²) in [4.78, 5) is 23.8. The van der Waals surface area contributed by atoms with Gasteiger partial charge in [-0.1, -0.05) is 37.3 Å². The number of amides is 1. The number of methoxy groups -OCH3 is 1. The first-order chi connectivity index (χ1) is 19.0. The van der Waals surface area contributed by atoms with Crippen molar-refractivity contribution in [3.05, 3.63) is 54.1 Å². The number of carboxylic acid groups (broad SMARTS) is 1. The van der Waals surface area contributed by atoms with Gasteiger partial charge in [-0.3, -0.25) is 10.1 Å². The lowest BCUT2D eigenvalue weighted by molar-refractivity contribution is -0.210. The molecule has 8 nitrogen and oxygen atoms in total. The van der Waals surface area contributed by atoms with Gasteiger partial charge in [-0.15, -0.1) is 0 Å². The Labute approximate surface area is 233 Å². The summed E-state index contributed by atoms with van der Waals surface area (Å²) >= 11 is 0. The second kappa shape index (κ2) is 13.8. The predicted octanol–water partition coefficient (Wildman–Crippen LogP) is 5.46. The maximum absolute atomic E-state index is 14.6. The molecule has 0 aliphatic rings. The zero-order valence-electron chi connectivity index (χ0n) is 22.8. The molecular weight excluding hydrogens is 560 g/mol. The third kappa shape index (κ3) is 10.3. The van der Waals surface area contributed by atoms with Crippen molar-refractivity contribution in [2.45, 2.75) is 69.7 Å². The van der Waals surface area contributed by atoms with Gasteiger partial charge in [0.2, 0.25) is 5.91 Å². The summed E-state index contributed by atoms with van der Waals surface area (Å²) < 4.78 is 92.5. The standard InChI is InChI=1S/C27H33F6N3O5/c1-5-17(15-34-19-12-11-18(13-21(19)40-4)41-27(32,33)24(38)39)35-23(37)20(14-25(2,3)28)36-22(26(29,30)31)16-9-7-6-8-10-16/h6-13,17,20,22,34,36H,5,14-15H2,1-4H3,(H,35,37)(H,38,39)/t17-,20?,22-/m0/s1. The Bertz CT molecular complexity index is 1160. The number of carboxylic acids is 1. The summed E-state index contributed by atoms with van der Waals surface area (Å²) in [5.41, 5.74) is -1.84. The third-order valence-corrected chi connectivity index (χ3v) is 5.88. The molecule has 2 rings (SSSR count). The van der Waals surface area contributed by atoms with Crippen LogP contribution in [0.5, 0.6) is 11.5 Å². The molecule has 4 N–H and O–H groups in total. The average molecular weight is 594 g/mol. The number of hydrogen-bond acceptors (Lipinski definition) is 6. The average Bonchev–Trinajstić information content (AvgIpc) is 2.87. The number of hydrogen-bond donors (Lipinski definition) is 4. The lowest BCUT2D eigenvalue weighted by Gasteiger charge is -2.31. The van der Waals surface area contributed by atoms with Crippen LogP contribution in [0.1, 0.15) is 45.2 Å². The van der Waals surface area contributed by atoms with E-state index in [9.17, 15) is 35.9 Å². The minimum Gasteiger partial charge on any atom is -0.494 e. The van der Waals surface area contributed by atoms with Crippen LogP contribution in [0.4, 0.5) is 32.0 Å². The number of rotatable bonds is 15. The van der Waals surface area contributed by atoms with Gasteiger partial charge in [0.05, 0.1) is 18.8 Å². The van der Waals surface area contributed by atoms with Crippen molar-refractivity contribution in [3.8, 4) is 11.5 Å². The number of carbonyl (C=O) groups is 2. The molecule has 2 aromatic carbocycles. The number of carbonyl (C=O) groups excluding carboxylic acids is 1. The van der Waals surface area contributed by atoms with Crippen LogP contribution in [-0.2, 0) is 9.59 Å². The van der Waals surface area contributed by atoms with E-state index >= 15 is 0 Å². The molecule has 0 heterocycles. The smallest absolute Gasteiger partial charge is 0.494 e. The van der Waals surface area contributed by atoms with E-state index in [0.717, 1.165) is 26.0 Å². The molecule has 0 radical (unpaired) electrons. The summed E-state index contributed by atoms with van der Waals surface area (Å²) in [6, 6.07) is 5.88. The van der Waals surface area contributed by atoms with Gasteiger partial charge in [0, 0.05) is 25.1 Å². The third-order valence-electron chi connectivity index (χ3n) is 5.88. The number of anilines is 1. The van der Waals surface area contributed by atoms with Crippen LogP contribution in [-0.4, -0.2) is 60.7 Å².